The van der Waals surface area contributed by atoms with Gasteiger partial charge in [-0.2, -0.15) is 0 Å². The number of fused-ring (bicyclic) bond motifs is 1. The van der Waals surface area contributed by atoms with Gasteiger partial charge < -0.3 is 0 Å². The third-order valence-corrected chi connectivity index (χ3v) is 40.7. The molecule has 4 rings (SSSR count). The third-order valence-electron chi connectivity index (χ3n) is 7.27. The fraction of sp³-hybridized carbons (Fsp3) is 0.308. The zero-order valence-electron chi connectivity index (χ0n) is 18.3. The second-order valence-electron chi connectivity index (χ2n) is 8.83. The van der Waals surface area contributed by atoms with E-state index in [4.69, 9.17) is 8.51 Å². The van der Waals surface area contributed by atoms with Crippen LogP contribution in [0.1, 0.15) is 42.4 Å². The van der Waals surface area contributed by atoms with E-state index < -0.39 is 23.1 Å². The Kier molecular flexibility index (Phi) is 5.84. The summed E-state index contributed by atoms with van der Waals surface area (Å²) in [6.45, 7) is 14.2. The quantitative estimate of drug-likeness (QED) is 0.374. The number of benzene rings is 2. The number of rotatable bonds is 3. The molecule has 0 amide bonds. The van der Waals surface area contributed by atoms with Crippen LogP contribution < -0.4 is 0 Å². The molecule has 29 heavy (non-hydrogen) atoms. The Bertz CT molecular complexity index is 1110. The zero-order valence-corrected chi connectivity index (χ0v) is 22.5. The molecule has 0 aliphatic heterocycles. The van der Waals surface area contributed by atoms with E-state index in [0.29, 0.717) is 7.25 Å². The van der Waals surface area contributed by atoms with Crippen LogP contribution in [-0.2, 0) is 17.7 Å². The van der Waals surface area contributed by atoms with Crippen molar-refractivity contribution in [3.8, 4) is 11.1 Å². The van der Waals surface area contributed by atoms with Crippen molar-refractivity contribution in [2.45, 2.75) is 48.0 Å². The van der Waals surface area contributed by atoms with Crippen LogP contribution in [0.3, 0.4) is 0 Å². The molecule has 2 aromatic rings. The van der Waals surface area contributed by atoms with Gasteiger partial charge >= 0.3 is 185 Å². The molecule has 0 bridgehead atoms. The van der Waals surface area contributed by atoms with Crippen LogP contribution in [0.25, 0.3) is 17.2 Å². The summed E-state index contributed by atoms with van der Waals surface area (Å²) in [7, 11) is 7.97. The molecule has 0 heterocycles. The Hall–Kier alpha value is -0.950. The van der Waals surface area contributed by atoms with E-state index in [9.17, 15) is 0 Å². The van der Waals surface area contributed by atoms with E-state index in [1.54, 1.807) is 11.1 Å². The average molecular weight is 497 g/mol. The maximum atomic E-state index is 7.97. The second-order valence-corrected chi connectivity index (χ2v) is 35.4. The van der Waals surface area contributed by atoms with Gasteiger partial charge in [0.05, 0.1) is 0 Å². The number of allylic oxidation sites excluding steroid dienone is 5. The zero-order chi connectivity index (χ0) is 20.9. The molecule has 0 N–H and O–H groups in total. The van der Waals surface area contributed by atoms with Gasteiger partial charge in [-0.25, -0.2) is 0 Å². The van der Waals surface area contributed by atoms with Crippen LogP contribution in [0.5, 0.6) is 0 Å². The monoisotopic (exact) mass is 495 g/mol. The standard InChI is InChI=1S/C15H11.C9H13.C2H6Si.ClH.Zr/c1-2-6-12(7-3-1)14-10-4-8-13-9-5-11-15(13)14;1-6-5-7(2)9(4)8(6)3;1-3-2;;/h1-11H;5H,1-4H3;1-2H3;1H;/q;;;;+1/p-1. The van der Waals surface area contributed by atoms with Crippen LogP contribution in [0.4, 0.5) is 0 Å². The molecule has 2 aliphatic carbocycles. The van der Waals surface area contributed by atoms with E-state index in [-0.39, 0.29) is 0 Å². The normalized spacial score (nSPS) is 21.0. The molecule has 149 valence electrons. The van der Waals surface area contributed by atoms with Crippen LogP contribution in [0.15, 0.2) is 76.9 Å². The Balaban J connectivity index is 1.90. The van der Waals surface area contributed by atoms with Crippen molar-refractivity contribution in [2.75, 3.05) is 0 Å². The summed E-state index contributed by atoms with van der Waals surface area (Å²) >= 11 is -3.14. The third kappa shape index (κ3) is 3.27. The van der Waals surface area contributed by atoms with E-state index in [0.717, 1.165) is 0 Å². The van der Waals surface area contributed by atoms with Crippen molar-refractivity contribution in [2.24, 2.45) is 0 Å². The summed E-state index contributed by atoms with van der Waals surface area (Å²) in [4.78, 5) is 0. The van der Waals surface area contributed by atoms with Gasteiger partial charge in [0.1, 0.15) is 0 Å². The Morgan fingerprint density at radius 3 is 2.03 bits per heavy atom. The van der Waals surface area contributed by atoms with Gasteiger partial charge in [-0.1, -0.05) is 0 Å². The molecule has 0 saturated carbocycles. The van der Waals surface area contributed by atoms with E-state index in [1.807, 2.05) is 0 Å². The van der Waals surface area contributed by atoms with E-state index in [1.165, 1.54) is 33.4 Å². The molecular weight excluding hydrogens is 467 g/mol. The van der Waals surface area contributed by atoms with Gasteiger partial charge in [-0.3, -0.25) is 0 Å². The summed E-state index contributed by atoms with van der Waals surface area (Å²) in [5.41, 5.74) is 11.0. The summed E-state index contributed by atoms with van der Waals surface area (Å²) in [5, 5.41) is 0. The topological polar surface area (TPSA) is 0 Å². The van der Waals surface area contributed by atoms with Crippen molar-refractivity contribution in [1.82, 2.24) is 0 Å². The van der Waals surface area contributed by atoms with Gasteiger partial charge in [0, 0.05) is 0 Å². The minimum absolute atomic E-state index is 0.446. The predicted molar refractivity (Wildman–Crippen MR) is 127 cm³/mol. The van der Waals surface area contributed by atoms with Gasteiger partial charge in [-0.05, 0) is 0 Å². The number of hydrogen-bond acceptors (Lipinski definition) is 0. The van der Waals surface area contributed by atoms with Gasteiger partial charge in [0.25, 0.3) is 0 Å². The molecular formula is C26H30ClSiZr. The van der Waals surface area contributed by atoms with E-state index in [2.05, 4.69) is 101 Å². The Morgan fingerprint density at radius 1 is 0.828 bits per heavy atom. The van der Waals surface area contributed by atoms with Crippen molar-refractivity contribution >= 4 is 20.0 Å². The van der Waals surface area contributed by atoms with Gasteiger partial charge in [-0.15, -0.1) is 0 Å². The van der Waals surface area contributed by atoms with Crippen LogP contribution in [0.2, 0.25) is 16.7 Å². The molecule has 2 aliphatic rings. The molecule has 0 radical (unpaired) electrons. The van der Waals surface area contributed by atoms with Crippen molar-refractivity contribution in [3.05, 3.63) is 88.0 Å². The maximum absolute atomic E-state index is 7.97. The SMILES string of the molecule is CC1=C(C)[CH]([Zr]([Cl])([CH]2C=Cc3c(-c4ccccc4)cccc32)=[Si](C)C)C(C)=C1C. The molecule has 2 atom stereocenters. The minimum atomic E-state index is -3.14. The average Bonchev–Trinajstić information content (AvgIpc) is 3.24. The summed E-state index contributed by atoms with van der Waals surface area (Å²) < 4.78 is 0.970. The first-order chi connectivity index (χ1) is 13.8. The first-order valence-electron chi connectivity index (χ1n) is 10.5. The Labute approximate surface area is 183 Å². The van der Waals surface area contributed by atoms with Crippen molar-refractivity contribution < 1.29 is 17.7 Å². The fourth-order valence-corrected chi connectivity index (χ4v) is 30.2. The summed E-state index contributed by atoms with van der Waals surface area (Å²) in [6.07, 6.45) is 4.84. The van der Waals surface area contributed by atoms with Crippen molar-refractivity contribution in [1.29, 1.82) is 0 Å². The molecule has 0 fully saturated rings. The molecule has 2 unspecified atom stereocenters. The van der Waals surface area contributed by atoms with Crippen LogP contribution >= 0.6 is 8.51 Å². The fourth-order valence-electron chi connectivity index (χ4n) is 5.33. The second kappa shape index (κ2) is 7.95. The van der Waals surface area contributed by atoms with Crippen LogP contribution in [-0.4, -0.2) is 5.43 Å². The summed E-state index contributed by atoms with van der Waals surface area (Å²) in [5.74, 6) is 0. The number of hydrogen-bond donors (Lipinski definition) is 0. The molecule has 0 nitrogen and oxygen atoms in total. The predicted octanol–water partition coefficient (Wildman–Crippen LogP) is 8.46. The first kappa shape index (κ1) is 21.3. The molecule has 0 spiro atoms. The van der Waals surface area contributed by atoms with Crippen molar-refractivity contribution in [3.63, 3.8) is 0 Å². The Morgan fingerprint density at radius 2 is 1.45 bits per heavy atom. The van der Waals surface area contributed by atoms with E-state index >= 15 is 0 Å². The molecule has 0 aromatic heterocycles. The molecule has 0 saturated heterocycles. The van der Waals surface area contributed by atoms with Gasteiger partial charge in [0.2, 0.25) is 0 Å². The van der Waals surface area contributed by atoms with Crippen LogP contribution in [0, 0.1) is 0 Å². The molecule has 3 heteroatoms. The molecule has 2 aromatic carbocycles. The van der Waals surface area contributed by atoms with Gasteiger partial charge in [0.15, 0.2) is 0 Å². The number of halogens is 1. The first-order valence-corrected chi connectivity index (χ1v) is 22.7. The summed E-state index contributed by atoms with van der Waals surface area (Å²) in [6, 6.07) is 17.6.